The molecule has 2 atom stereocenters. The number of hydrogen-bond donors (Lipinski definition) is 2. The predicted octanol–water partition coefficient (Wildman–Crippen LogP) is 2.85. The molecule has 0 radical (unpaired) electrons. The summed E-state index contributed by atoms with van der Waals surface area (Å²) in [6.07, 6.45) is 5.56. The van der Waals surface area contributed by atoms with Gasteiger partial charge in [-0.15, -0.1) is 0 Å². The first-order valence-electron chi connectivity index (χ1n) is 6.89. The molecule has 0 unspecified atom stereocenters. The Kier molecular flexibility index (Phi) is 4.56. The van der Waals surface area contributed by atoms with Gasteiger partial charge >= 0.3 is 5.97 Å². The van der Waals surface area contributed by atoms with Crippen molar-refractivity contribution in [2.75, 3.05) is 5.32 Å². The zero-order valence-corrected chi connectivity index (χ0v) is 11.5. The van der Waals surface area contributed by atoms with Crippen molar-refractivity contribution >= 4 is 17.6 Å². The SMILES string of the molecule is CCc1ccc(NC(=O)[C@@H]2CC=CC[C@H]2C(=O)O)cc1. The van der Waals surface area contributed by atoms with E-state index >= 15 is 0 Å². The minimum absolute atomic E-state index is 0.217. The van der Waals surface area contributed by atoms with Crippen LogP contribution in [0.15, 0.2) is 36.4 Å². The monoisotopic (exact) mass is 273 g/mol. The second-order valence-corrected chi connectivity index (χ2v) is 5.03. The fraction of sp³-hybridized carbons (Fsp3) is 0.375. The summed E-state index contributed by atoms with van der Waals surface area (Å²) in [5, 5.41) is 12.0. The lowest BCUT2D eigenvalue weighted by Gasteiger charge is -2.24. The molecule has 4 heteroatoms. The first-order chi connectivity index (χ1) is 9.61. The van der Waals surface area contributed by atoms with Gasteiger partial charge < -0.3 is 10.4 Å². The highest BCUT2D eigenvalue weighted by Crippen LogP contribution is 2.27. The summed E-state index contributed by atoms with van der Waals surface area (Å²) in [4.78, 5) is 23.4. The predicted molar refractivity (Wildman–Crippen MR) is 77.4 cm³/mol. The number of carboxylic acid groups (broad SMARTS) is 1. The van der Waals surface area contributed by atoms with Crippen molar-refractivity contribution in [1.82, 2.24) is 0 Å². The second kappa shape index (κ2) is 6.37. The van der Waals surface area contributed by atoms with Gasteiger partial charge in [0.05, 0.1) is 11.8 Å². The lowest BCUT2D eigenvalue weighted by atomic mass is 9.82. The quantitative estimate of drug-likeness (QED) is 0.829. The Labute approximate surface area is 118 Å². The standard InChI is InChI=1S/C16H19NO3/c1-2-11-7-9-12(10-8-11)17-15(18)13-5-3-4-6-14(13)16(19)20/h3-4,7-10,13-14H,2,5-6H2,1H3,(H,17,18)(H,19,20)/t13-,14-/m1/s1. The number of aryl methyl sites for hydroxylation is 1. The van der Waals surface area contributed by atoms with Crippen molar-refractivity contribution in [2.45, 2.75) is 26.2 Å². The van der Waals surface area contributed by atoms with Crippen molar-refractivity contribution in [3.8, 4) is 0 Å². The average molecular weight is 273 g/mol. The molecule has 1 aromatic carbocycles. The van der Waals surface area contributed by atoms with Crippen LogP contribution in [0.25, 0.3) is 0 Å². The third-order valence-electron chi connectivity index (χ3n) is 3.72. The van der Waals surface area contributed by atoms with Gasteiger partial charge in [0.25, 0.3) is 0 Å². The summed E-state index contributed by atoms with van der Waals surface area (Å²) in [5.74, 6) is -2.25. The molecule has 0 aromatic heterocycles. The van der Waals surface area contributed by atoms with Crippen LogP contribution >= 0.6 is 0 Å². The molecule has 20 heavy (non-hydrogen) atoms. The lowest BCUT2D eigenvalue weighted by Crippen LogP contribution is -2.34. The number of amides is 1. The Balaban J connectivity index is 2.06. The summed E-state index contributed by atoms with van der Waals surface area (Å²) in [5.41, 5.74) is 1.91. The van der Waals surface area contributed by atoms with E-state index in [4.69, 9.17) is 0 Å². The molecule has 1 aliphatic rings. The van der Waals surface area contributed by atoms with E-state index in [9.17, 15) is 14.7 Å². The van der Waals surface area contributed by atoms with Crippen LogP contribution in [0.4, 0.5) is 5.69 Å². The third kappa shape index (κ3) is 3.26. The topological polar surface area (TPSA) is 66.4 Å². The maximum absolute atomic E-state index is 12.2. The molecular formula is C16H19NO3. The molecule has 1 aromatic rings. The van der Waals surface area contributed by atoms with Gasteiger partial charge in [0.2, 0.25) is 5.91 Å². The molecule has 1 amide bonds. The Morgan fingerprint density at radius 2 is 1.75 bits per heavy atom. The first kappa shape index (κ1) is 14.3. The van der Waals surface area contributed by atoms with Gasteiger partial charge in [-0.2, -0.15) is 0 Å². The number of anilines is 1. The maximum atomic E-state index is 12.2. The van der Waals surface area contributed by atoms with Crippen molar-refractivity contribution in [3.63, 3.8) is 0 Å². The Morgan fingerprint density at radius 1 is 1.15 bits per heavy atom. The van der Waals surface area contributed by atoms with E-state index in [1.54, 1.807) is 0 Å². The number of carbonyl (C=O) groups excluding carboxylic acids is 1. The van der Waals surface area contributed by atoms with Crippen molar-refractivity contribution in [1.29, 1.82) is 0 Å². The fourth-order valence-electron chi connectivity index (χ4n) is 2.44. The first-order valence-corrected chi connectivity index (χ1v) is 6.89. The Bertz CT molecular complexity index is 519. The second-order valence-electron chi connectivity index (χ2n) is 5.03. The fourth-order valence-corrected chi connectivity index (χ4v) is 2.44. The number of nitrogens with one attached hydrogen (secondary N) is 1. The molecule has 0 saturated carbocycles. The van der Waals surface area contributed by atoms with Crippen LogP contribution in [0, 0.1) is 11.8 Å². The summed E-state index contributed by atoms with van der Waals surface area (Å²) >= 11 is 0. The maximum Gasteiger partial charge on any atom is 0.307 e. The van der Waals surface area contributed by atoms with Crippen LogP contribution in [0.1, 0.15) is 25.3 Å². The Morgan fingerprint density at radius 3 is 2.30 bits per heavy atom. The third-order valence-corrected chi connectivity index (χ3v) is 3.72. The van der Waals surface area contributed by atoms with Gasteiger partial charge in [-0.25, -0.2) is 0 Å². The molecular weight excluding hydrogens is 254 g/mol. The molecule has 4 nitrogen and oxygen atoms in total. The van der Waals surface area contributed by atoms with Crippen LogP contribution in [0.2, 0.25) is 0 Å². The van der Waals surface area contributed by atoms with Crippen LogP contribution in [-0.4, -0.2) is 17.0 Å². The van der Waals surface area contributed by atoms with E-state index in [0.717, 1.165) is 6.42 Å². The number of rotatable bonds is 4. The number of hydrogen-bond acceptors (Lipinski definition) is 2. The van der Waals surface area contributed by atoms with E-state index in [2.05, 4.69) is 12.2 Å². The van der Waals surface area contributed by atoms with E-state index in [0.29, 0.717) is 18.5 Å². The zero-order valence-electron chi connectivity index (χ0n) is 11.5. The minimum atomic E-state index is -0.907. The van der Waals surface area contributed by atoms with Crippen LogP contribution in [0.5, 0.6) is 0 Å². The molecule has 2 N–H and O–H groups in total. The van der Waals surface area contributed by atoms with Gasteiger partial charge in [0.1, 0.15) is 0 Å². The zero-order chi connectivity index (χ0) is 14.5. The smallest absolute Gasteiger partial charge is 0.307 e. The van der Waals surface area contributed by atoms with Gasteiger partial charge in [0.15, 0.2) is 0 Å². The number of allylic oxidation sites excluding steroid dienone is 2. The lowest BCUT2D eigenvalue weighted by molar-refractivity contribution is -0.146. The van der Waals surface area contributed by atoms with Gasteiger partial charge in [-0.05, 0) is 37.0 Å². The van der Waals surface area contributed by atoms with E-state index < -0.39 is 17.8 Å². The summed E-state index contributed by atoms with van der Waals surface area (Å²) < 4.78 is 0. The summed E-state index contributed by atoms with van der Waals surface area (Å²) in [7, 11) is 0. The van der Waals surface area contributed by atoms with Crippen molar-refractivity contribution in [3.05, 3.63) is 42.0 Å². The Hall–Kier alpha value is -2.10. The average Bonchev–Trinajstić information content (AvgIpc) is 2.48. The molecule has 0 aliphatic heterocycles. The number of carboxylic acids is 1. The molecule has 0 spiro atoms. The number of benzene rings is 1. The van der Waals surface area contributed by atoms with Crippen molar-refractivity contribution < 1.29 is 14.7 Å². The van der Waals surface area contributed by atoms with Crippen LogP contribution in [0.3, 0.4) is 0 Å². The van der Waals surface area contributed by atoms with Gasteiger partial charge in [-0.1, -0.05) is 31.2 Å². The number of carbonyl (C=O) groups is 2. The van der Waals surface area contributed by atoms with Crippen molar-refractivity contribution in [2.24, 2.45) is 11.8 Å². The van der Waals surface area contributed by atoms with E-state index in [1.807, 2.05) is 36.4 Å². The highest BCUT2D eigenvalue weighted by Gasteiger charge is 2.33. The molecule has 1 aliphatic carbocycles. The molecule has 0 heterocycles. The van der Waals surface area contributed by atoms with E-state index in [-0.39, 0.29) is 5.91 Å². The number of aliphatic carboxylic acids is 1. The van der Waals surface area contributed by atoms with E-state index in [1.165, 1.54) is 5.56 Å². The molecule has 0 fully saturated rings. The van der Waals surface area contributed by atoms with Crippen LogP contribution < -0.4 is 5.32 Å². The minimum Gasteiger partial charge on any atom is -0.481 e. The summed E-state index contributed by atoms with van der Waals surface area (Å²) in [6.45, 7) is 2.07. The molecule has 0 bridgehead atoms. The molecule has 0 saturated heterocycles. The highest BCUT2D eigenvalue weighted by molar-refractivity contribution is 5.95. The molecule has 106 valence electrons. The van der Waals surface area contributed by atoms with Gasteiger partial charge in [0, 0.05) is 5.69 Å². The van der Waals surface area contributed by atoms with Crippen LogP contribution in [-0.2, 0) is 16.0 Å². The largest absolute Gasteiger partial charge is 0.481 e. The normalized spacial score (nSPS) is 21.4. The van der Waals surface area contributed by atoms with Gasteiger partial charge in [-0.3, -0.25) is 9.59 Å². The highest BCUT2D eigenvalue weighted by atomic mass is 16.4. The summed E-state index contributed by atoms with van der Waals surface area (Å²) in [6, 6.07) is 7.63. The molecule has 2 rings (SSSR count).